The summed E-state index contributed by atoms with van der Waals surface area (Å²) in [5.41, 5.74) is 2.41. The van der Waals surface area contributed by atoms with Gasteiger partial charge in [-0.15, -0.1) is 0 Å². The molecule has 0 bridgehead atoms. The first-order chi connectivity index (χ1) is 10.4. The zero-order chi connectivity index (χ0) is 14.5. The van der Waals surface area contributed by atoms with Crippen molar-refractivity contribution in [2.24, 2.45) is 0 Å². The van der Waals surface area contributed by atoms with Gasteiger partial charge in [-0.2, -0.15) is 5.10 Å². The van der Waals surface area contributed by atoms with E-state index in [-0.39, 0.29) is 6.10 Å². The van der Waals surface area contributed by atoms with E-state index >= 15 is 0 Å². The Kier molecular flexibility index (Phi) is 5.24. The molecule has 1 aromatic heterocycles. The minimum Gasteiger partial charge on any atom is -0.383 e. The number of hydrogen-bond acceptors (Lipinski definition) is 5. The normalized spacial score (nSPS) is 23.2. The monoisotopic (exact) mass is 295 g/mol. The third kappa shape index (κ3) is 3.83. The Morgan fingerprint density at radius 3 is 3.05 bits per heavy atom. The van der Waals surface area contributed by atoms with Crippen molar-refractivity contribution >= 4 is 0 Å². The summed E-state index contributed by atoms with van der Waals surface area (Å²) in [6, 6.07) is 0.545. The Morgan fingerprint density at radius 1 is 1.38 bits per heavy atom. The van der Waals surface area contributed by atoms with Crippen LogP contribution >= 0.6 is 0 Å². The van der Waals surface area contributed by atoms with E-state index < -0.39 is 0 Å². The van der Waals surface area contributed by atoms with E-state index in [4.69, 9.17) is 14.2 Å². The number of hydrogen-bond donors (Lipinski definition) is 1. The van der Waals surface area contributed by atoms with Crippen molar-refractivity contribution in [3.8, 4) is 0 Å². The number of methoxy groups -OCH3 is 1. The van der Waals surface area contributed by atoms with Gasteiger partial charge in [-0.05, 0) is 24.8 Å². The lowest BCUT2D eigenvalue weighted by Gasteiger charge is -2.27. The molecule has 1 N–H and O–H groups in total. The van der Waals surface area contributed by atoms with Crippen LogP contribution in [0.3, 0.4) is 0 Å². The first-order valence-electron chi connectivity index (χ1n) is 7.84. The fourth-order valence-electron chi connectivity index (χ4n) is 2.96. The van der Waals surface area contributed by atoms with Crippen molar-refractivity contribution in [2.45, 2.75) is 38.0 Å². The molecule has 2 aliphatic rings. The molecule has 1 fully saturated rings. The fraction of sp³-hybridized carbons (Fsp3) is 0.800. The van der Waals surface area contributed by atoms with Gasteiger partial charge in [-0.3, -0.25) is 4.68 Å². The maximum absolute atomic E-state index is 5.91. The molecule has 6 nitrogen and oxygen atoms in total. The third-order valence-corrected chi connectivity index (χ3v) is 4.20. The van der Waals surface area contributed by atoms with Crippen LogP contribution in [0, 0.1) is 0 Å². The van der Waals surface area contributed by atoms with Crippen molar-refractivity contribution in [2.75, 3.05) is 40.1 Å². The van der Waals surface area contributed by atoms with Crippen molar-refractivity contribution in [1.82, 2.24) is 15.1 Å². The molecule has 0 aromatic carbocycles. The van der Waals surface area contributed by atoms with Crippen LogP contribution in [-0.2, 0) is 27.2 Å². The predicted octanol–water partition coefficient (Wildman–Crippen LogP) is 0.912. The summed E-state index contributed by atoms with van der Waals surface area (Å²) in [5, 5.41) is 8.29. The standard InChI is InChI=1S/C15H25N3O3/c1-19-9-5-18-11-12-2-8-21-14(15(12)17-18)10-16-13-3-6-20-7-4-13/h11,13-14,16H,2-10H2,1H3. The minimum atomic E-state index is 0.0698. The molecular weight excluding hydrogens is 270 g/mol. The van der Waals surface area contributed by atoms with Gasteiger partial charge in [-0.25, -0.2) is 0 Å². The maximum Gasteiger partial charge on any atom is 0.114 e. The molecule has 0 aliphatic carbocycles. The highest BCUT2D eigenvalue weighted by Crippen LogP contribution is 2.25. The topological polar surface area (TPSA) is 57.5 Å². The molecule has 0 saturated carbocycles. The largest absolute Gasteiger partial charge is 0.383 e. The summed E-state index contributed by atoms with van der Waals surface area (Å²) in [7, 11) is 1.72. The summed E-state index contributed by atoms with van der Waals surface area (Å²) in [4.78, 5) is 0. The highest BCUT2D eigenvalue weighted by atomic mass is 16.5. The van der Waals surface area contributed by atoms with Crippen LogP contribution in [0.5, 0.6) is 0 Å². The van der Waals surface area contributed by atoms with Crippen molar-refractivity contribution in [3.05, 3.63) is 17.5 Å². The lowest BCUT2D eigenvalue weighted by molar-refractivity contribution is 0.0297. The molecule has 1 saturated heterocycles. The third-order valence-electron chi connectivity index (χ3n) is 4.20. The average molecular weight is 295 g/mol. The van der Waals surface area contributed by atoms with Gasteiger partial charge in [0.25, 0.3) is 0 Å². The average Bonchev–Trinajstić information content (AvgIpc) is 2.95. The summed E-state index contributed by atoms with van der Waals surface area (Å²) in [6.07, 6.45) is 5.33. The molecular formula is C15H25N3O3. The maximum atomic E-state index is 5.91. The summed E-state index contributed by atoms with van der Waals surface area (Å²) in [6.45, 7) is 4.82. The smallest absolute Gasteiger partial charge is 0.114 e. The number of fused-ring (bicyclic) bond motifs is 1. The summed E-state index contributed by atoms with van der Waals surface area (Å²) < 4.78 is 18.4. The highest BCUT2D eigenvalue weighted by molar-refractivity contribution is 5.22. The molecule has 118 valence electrons. The Morgan fingerprint density at radius 2 is 2.24 bits per heavy atom. The van der Waals surface area contributed by atoms with Crippen LogP contribution in [0.2, 0.25) is 0 Å². The number of ether oxygens (including phenoxy) is 3. The van der Waals surface area contributed by atoms with Gasteiger partial charge in [0.1, 0.15) is 6.10 Å². The highest BCUT2D eigenvalue weighted by Gasteiger charge is 2.25. The van der Waals surface area contributed by atoms with E-state index in [1.807, 2.05) is 4.68 Å². The van der Waals surface area contributed by atoms with Gasteiger partial charge in [0.05, 0.1) is 25.5 Å². The number of nitrogens with zero attached hydrogens (tertiary/aromatic N) is 2. The lowest BCUT2D eigenvalue weighted by Crippen LogP contribution is -2.38. The molecule has 21 heavy (non-hydrogen) atoms. The van der Waals surface area contributed by atoms with Gasteiger partial charge in [0, 0.05) is 39.1 Å². The number of aromatic nitrogens is 2. The van der Waals surface area contributed by atoms with Crippen LogP contribution < -0.4 is 5.32 Å². The summed E-state index contributed by atoms with van der Waals surface area (Å²) in [5.74, 6) is 0. The van der Waals surface area contributed by atoms with Crippen LogP contribution in [0.1, 0.15) is 30.2 Å². The van der Waals surface area contributed by atoms with Crippen molar-refractivity contribution in [1.29, 1.82) is 0 Å². The van der Waals surface area contributed by atoms with E-state index in [1.54, 1.807) is 7.11 Å². The van der Waals surface area contributed by atoms with Crippen LogP contribution in [0.4, 0.5) is 0 Å². The lowest BCUT2D eigenvalue weighted by atomic mass is 10.0. The molecule has 1 unspecified atom stereocenters. The van der Waals surface area contributed by atoms with Gasteiger partial charge in [0.2, 0.25) is 0 Å². The minimum absolute atomic E-state index is 0.0698. The van der Waals surface area contributed by atoms with Crippen molar-refractivity contribution < 1.29 is 14.2 Å². The van der Waals surface area contributed by atoms with Gasteiger partial charge < -0.3 is 19.5 Å². The molecule has 0 amide bonds. The van der Waals surface area contributed by atoms with Gasteiger partial charge >= 0.3 is 0 Å². The Labute approximate surface area is 125 Å². The molecule has 3 rings (SSSR count). The number of rotatable bonds is 6. The van der Waals surface area contributed by atoms with E-state index in [0.29, 0.717) is 12.6 Å². The Bertz CT molecular complexity index is 443. The Hall–Kier alpha value is -0.950. The second-order valence-electron chi connectivity index (χ2n) is 5.70. The zero-order valence-corrected chi connectivity index (χ0v) is 12.7. The van der Waals surface area contributed by atoms with Gasteiger partial charge in [-0.1, -0.05) is 0 Å². The van der Waals surface area contributed by atoms with Gasteiger partial charge in [0.15, 0.2) is 0 Å². The molecule has 6 heteroatoms. The van der Waals surface area contributed by atoms with E-state index in [0.717, 1.165) is 57.9 Å². The summed E-state index contributed by atoms with van der Waals surface area (Å²) >= 11 is 0. The van der Waals surface area contributed by atoms with E-state index in [1.165, 1.54) is 5.56 Å². The number of nitrogens with one attached hydrogen (secondary N) is 1. The van der Waals surface area contributed by atoms with E-state index in [2.05, 4.69) is 16.6 Å². The van der Waals surface area contributed by atoms with Crippen LogP contribution in [0.25, 0.3) is 0 Å². The SMILES string of the molecule is COCCn1cc2c(n1)C(CNC1CCOCC1)OCC2. The van der Waals surface area contributed by atoms with Crippen LogP contribution in [0.15, 0.2) is 6.20 Å². The molecule has 2 aliphatic heterocycles. The first kappa shape index (κ1) is 15.0. The predicted molar refractivity (Wildman–Crippen MR) is 78.3 cm³/mol. The first-order valence-corrected chi connectivity index (χ1v) is 7.84. The van der Waals surface area contributed by atoms with Crippen molar-refractivity contribution in [3.63, 3.8) is 0 Å². The molecule has 1 atom stereocenters. The fourth-order valence-corrected chi connectivity index (χ4v) is 2.96. The molecule has 1 aromatic rings. The molecule has 0 spiro atoms. The quantitative estimate of drug-likeness (QED) is 0.845. The second kappa shape index (κ2) is 7.35. The van der Waals surface area contributed by atoms with E-state index in [9.17, 15) is 0 Å². The van der Waals surface area contributed by atoms with Crippen LogP contribution in [-0.4, -0.2) is 55.9 Å². The zero-order valence-electron chi connectivity index (χ0n) is 12.7. The Balaban J connectivity index is 1.58. The second-order valence-corrected chi connectivity index (χ2v) is 5.70. The molecule has 0 radical (unpaired) electrons. The molecule has 3 heterocycles.